The molecule has 0 radical (unpaired) electrons. The van der Waals surface area contributed by atoms with E-state index in [0.29, 0.717) is 28.9 Å². The number of rotatable bonds is 8. The number of thioether (sulfide) groups is 1. The number of hydrogen-bond acceptors (Lipinski definition) is 5. The molecule has 0 saturated heterocycles. The zero-order chi connectivity index (χ0) is 21.8. The number of nitrogens with zero attached hydrogens (tertiary/aromatic N) is 2. The van der Waals surface area contributed by atoms with Gasteiger partial charge in [-0.2, -0.15) is 11.8 Å². The molecule has 0 unspecified atom stereocenters. The Morgan fingerprint density at radius 3 is 2.52 bits per heavy atom. The topological polar surface area (TPSA) is 54.7 Å². The van der Waals surface area contributed by atoms with Crippen LogP contribution in [-0.4, -0.2) is 41.2 Å². The minimum atomic E-state index is -0.347. The van der Waals surface area contributed by atoms with E-state index < -0.39 is 0 Å². The summed E-state index contributed by atoms with van der Waals surface area (Å²) in [6.07, 6.45) is 0. The molecule has 1 aromatic heterocycles. The maximum Gasteiger partial charge on any atom is 0.340 e. The predicted molar refractivity (Wildman–Crippen MR) is 134 cm³/mol. The van der Waals surface area contributed by atoms with E-state index in [1.165, 1.54) is 5.56 Å². The molecule has 3 aromatic rings. The third-order valence-corrected chi connectivity index (χ3v) is 6.56. The number of esters is 1. The van der Waals surface area contributed by atoms with E-state index in [-0.39, 0.29) is 24.1 Å². The molecule has 0 bridgehead atoms. The first-order valence-electron chi connectivity index (χ1n) is 9.80. The van der Waals surface area contributed by atoms with Crippen LogP contribution in [0.25, 0.3) is 10.9 Å². The van der Waals surface area contributed by atoms with E-state index in [1.54, 1.807) is 11.8 Å². The fraction of sp³-hybridized carbons (Fsp3) is 0.348. The molecule has 168 valence electrons. The lowest BCUT2D eigenvalue weighted by Crippen LogP contribution is -2.13. The van der Waals surface area contributed by atoms with Gasteiger partial charge in [-0.15, -0.1) is 12.4 Å². The van der Waals surface area contributed by atoms with Gasteiger partial charge >= 0.3 is 5.97 Å². The quantitative estimate of drug-likeness (QED) is 0.379. The molecule has 1 N–H and O–H groups in total. The molecule has 1 heterocycles. The maximum absolute atomic E-state index is 13.0. The second kappa shape index (κ2) is 11.3. The number of hydrogen-bond donors (Lipinski definition) is 1. The number of phenols is 1. The van der Waals surface area contributed by atoms with Gasteiger partial charge in [0.2, 0.25) is 0 Å². The van der Waals surface area contributed by atoms with Crippen molar-refractivity contribution >= 4 is 57.0 Å². The summed E-state index contributed by atoms with van der Waals surface area (Å²) in [4.78, 5) is 15.0. The van der Waals surface area contributed by atoms with Gasteiger partial charge in [0.25, 0.3) is 0 Å². The molecular formula is C23H28BrClN2O3S. The normalized spacial score (nSPS) is 11.0. The van der Waals surface area contributed by atoms with Crippen molar-refractivity contribution in [2.24, 2.45) is 7.05 Å². The van der Waals surface area contributed by atoms with Crippen molar-refractivity contribution in [2.45, 2.75) is 25.0 Å². The lowest BCUT2D eigenvalue weighted by molar-refractivity contribution is 0.0527. The first-order chi connectivity index (χ1) is 14.3. The zero-order valence-corrected chi connectivity index (χ0v) is 21.4. The first-order valence-corrected chi connectivity index (χ1v) is 11.7. The van der Waals surface area contributed by atoms with Crippen molar-refractivity contribution in [3.05, 3.63) is 63.3 Å². The number of benzene rings is 2. The molecule has 0 aliphatic carbocycles. The minimum Gasteiger partial charge on any atom is -0.506 e. The van der Waals surface area contributed by atoms with Crippen LogP contribution in [-0.2, 0) is 29.8 Å². The van der Waals surface area contributed by atoms with Gasteiger partial charge in [-0.3, -0.25) is 0 Å². The molecule has 0 atom stereocenters. The molecule has 0 aliphatic heterocycles. The molecule has 0 fully saturated rings. The summed E-state index contributed by atoms with van der Waals surface area (Å²) in [7, 11) is 5.85. The van der Waals surface area contributed by atoms with Crippen LogP contribution in [0.15, 0.2) is 40.9 Å². The average Bonchev–Trinajstić information content (AvgIpc) is 2.98. The van der Waals surface area contributed by atoms with Gasteiger partial charge in [-0.25, -0.2) is 4.79 Å². The van der Waals surface area contributed by atoms with Crippen molar-refractivity contribution in [1.82, 2.24) is 9.47 Å². The lowest BCUT2D eigenvalue weighted by Gasteiger charge is -2.15. The van der Waals surface area contributed by atoms with Crippen molar-refractivity contribution < 1.29 is 14.6 Å². The van der Waals surface area contributed by atoms with Gasteiger partial charge in [0.1, 0.15) is 5.75 Å². The summed E-state index contributed by atoms with van der Waals surface area (Å²) in [5, 5.41) is 11.5. The van der Waals surface area contributed by atoms with Crippen LogP contribution in [0.3, 0.4) is 0 Å². The van der Waals surface area contributed by atoms with Crippen LogP contribution in [0.5, 0.6) is 5.75 Å². The molecule has 8 heteroatoms. The van der Waals surface area contributed by atoms with E-state index in [0.717, 1.165) is 27.9 Å². The Morgan fingerprint density at radius 2 is 1.90 bits per heavy atom. The third kappa shape index (κ3) is 5.58. The molecule has 0 aliphatic rings. The molecule has 2 aromatic carbocycles. The van der Waals surface area contributed by atoms with Crippen molar-refractivity contribution in [3.63, 3.8) is 0 Å². The number of aryl methyl sites for hydroxylation is 1. The average molecular weight is 528 g/mol. The number of fused-ring (bicyclic) bond motifs is 1. The lowest BCUT2D eigenvalue weighted by atomic mass is 10.0. The summed E-state index contributed by atoms with van der Waals surface area (Å²) < 4.78 is 8.08. The summed E-state index contributed by atoms with van der Waals surface area (Å²) in [6, 6.07) is 12.1. The van der Waals surface area contributed by atoms with Crippen LogP contribution >= 0.6 is 40.1 Å². The number of carbonyl (C=O) groups is 1. The molecule has 0 spiro atoms. The van der Waals surface area contributed by atoms with E-state index in [1.807, 2.05) is 61.8 Å². The Balaban J connectivity index is 0.00000341. The summed E-state index contributed by atoms with van der Waals surface area (Å²) >= 11 is 5.23. The minimum absolute atomic E-state index is 0. The van der Waals surface area contributed by atoms with Gasteiger partial charge < -0.3 is 19.3 Å². The van der Waals surface area contributed by atoms with Crippen molar-refractivity contribution in [1.29, 1.82) is 0 Å². The van der Waals surface area contributed by atoms with Gasteiger partial charge in [0.05, 0.1) is 22.2 Å². The largest absolute Gasteiger partial charge is 0.506 e. The SMILES string of the molecule is CCOC(=O)c1c(CSCc2ccccc2)n(C)c2cc(Br)c(O)c(CN(C)C)c12.Cl. The predicted octanol–water partition coefficient (Wildman–Crippen LogP) is 5.74. The highest BCUT2D eigenvalue weighted by Gasteiger charge is 2.27. The highest BCUT2D eigenvalue weighted by atomic mass is 79.9. The molecule has 3 rings (SSSR count). The monoisotopic (exact) mass is 526 g/mol. The Labute approximate surface area is 202 Å². The zero-order valence-electron chi connectivity index (χ0n) is 18.1. The number of halogens is 2. The number of aromatic hydroxyl groups is 1. The number of carbonyl (C=O) groups excluding carboxylic acids is 1. The maximum atomic E-state index is 13.0. The molecular weight excluding hydrogens is 500 g/mol. The Morgan fingerprint density at radius 1 is 1.23 bits per heavy atom. The standard InChI is InChI=1S/C23H27BrN2O3S.ClH/c1-5-29-23(28)21-19(14-30-13-15-9-7-6-8-10-15)26(4)18-11-17(24)22(27)16(20(18)21)12-25(2)3;/h6-11,27H,5,12-14H2,1-4H3;1H. The van der Waals surface area contributed by atoms with E-state index in [2.05, 4.69) is 28.1 Å². The summed E-state index contributed by atoms with van der Waals surface area (Å²) in [6.45, 7) is 2.62. The Hall–Kier alpha value is -1.67. The first kappa shape index (κ1) is 25.6. The second-order valence-corrected chi connectivity index (χ2v) is 9.24. The van der Waals surface area contributed by atoms with Gasteiger partial charge in [-0.1, -0.05) is 30.3 Å². The van der Waals surface area contributed by atoms with Crippen LogP contribution < -0.4 is 0 Å². The summed E-state index contributed by atoms with van der Waals surface area (Å²) in [5.41, 5.74) is 4.32. The van der Waals surface area contributed by atoms with Crippen LogP contribution in [0, 0.1) is 0 Å². The Kier molecular flexibility index (Phi) is 9.30. The molecule has 0 saturated carbocycles. The fourth-order valence-corrected chi connectivity index (χ4v) is 5.10. The fourth-order valence-electron chi connectivity index (χ4n) is 3.58. The molecule has 5 nitrogen and oxygen atoms in total. The van der Waals surface area contributed by atoms with E-state index >= 15 is 0 Å². The highest BCUT2D eigenvalue weighted by molar-refractivity contribution is 9.10. The third-order valence-electron chi connectivity index (χ3n) is 4.94. The van der Waals surface area contributed by atoms with E-state index in [9.17, 15) is 9.90 Å². The van der Waals surface area contributed by atoms with Gasteiger partial charge in [-0.05, 0) is 48.6 Å². The highest BCUT2D eigenvalue weighted by Crippen LogP contribution is 2.40. The molecule has 0 amide bonds. The van der Waals surface area contributed by atoms with Crippen LogP contribution in [0.2, 0.25) is 0 Å². The molecule has 31 heavy (non-hydrogen) atoms. The number of aromatic nitrogens is 1. The smallest absolute Gasteiger partial charge is 0.340 e. The Bertz CT molecular complexity index is 1050. The van der Waals surface area contributed by atoms with Crippen LogP contribution in [0.4, 0.5) is 0 Å². The van der Waals surface area contributed by atoms with Gasteiger partial charge in [0, 0.05) is 41.7 Å². The van der Waals surface area contributed by atoms with E-state index in [4.69, 9.17) is 4.74 Å². The number of ether oxygens (including phenoxy) is 1. The number of phenolic OH excluding ortho intramolecular Hbond substituents is 1. The van der Waals surface area contributed by atoms with Crippen molar-refractivity contribution in [2.75, 3.05) is 20.7 Å². The summed E-state index contributed by atoms with van der Waals surface area (Å²) in [5.74, 6) is 1.33. The van der Waals surface area contributed by atoms with Crippen molar-refractivity contribution in [3.8, 4) is 5.75 Å². The van der Waals surface area contributed by atoms with Gasteiger partial charge in [0.15, 0.2) is 0 Å². The van der Waals surface area contributed by atoms with Crippen LogP contribution in [0.1, 0.15) is 34.1 Å². The second-order valence-electron chi connectivity index (χ2n) is 7.40.